The molecule has 4 nitrogen and oxygen atoms in total. The second-order valence-electron chi connectivity index (χ2n) is 6.53. The van der Waals surface area contributed by atoms with Crippen LogP contribution in [0.5, 0.6) is 0 Å². The first-order valence-corrected chi connectivity index (χ1v) is 8.26. The van der Waals surface area contributed by atoms with E-state index in [9.17, 15) is 23.5 Å². The predicted molar refractivity (Wildman–Crippen MR) is 84.6 cm³/mol. The van der Waals surface area contributed by atoms with Crippen molar-refractivity contribution in [3.05, 3.63) is 35.4 Å². The molecule has 0 saturated carbocycles. The van der Waals surface area contributed by atoms with Crippen molar-refractivity contribution in [2.24, 2.45) is 0 Å². The highest BCUT2D eigenvalue weighted by Crippen LogP contribution is 2.43. The average Bonchev–Trinajstić information content (AvgIpc) is 2.40. The fraction of sp³-hybridized carbons (Fsp3) is 0.500. The van der Waals surface area contributed by atoms with Crippen molar-refractivity contribution in [3.8, 4) is 0 Å². The molecule has 1 aliphatic rings. The maximum atomic E-state index is 14.2. The molecule has 1 saturated heterocycles. The third kappa shape index (κ3) is 3.83. The number of Topliss-reactive ketones (excluding diaryl/α,β-unsaturated/α-hetero) is 1. The molecule has 0 aromatic heterocycles. The van der Waals surface area contributed by atoms with Crippen LogP contribution in [0.1, 0.15) is 38.0 Å². The van der Waals surface area contributed by atoms with Crippen LogP contribution in [-0.2, 0) is 4.79 Å². The van der Waals surface area contributed by atoms with E-state index in [4.69, 9.17) is 0 Å². The number of amides is 1. The average molecular weight is 343 g/mol. The molecule has 1 fully saturated rings. The van der Waals surface area contributed by atoms with Crippen LogP contribution in [0.4, 0.5) is 13.6 Å². The van der Waals surface area contributed by atoms with Crippen LogP contribution in [0.15, 0.2) is 18.2 Å². The highest BCUT2D eigenvalue weighted by molar-refractivity contribution is 8.00. The smallest absolute Gasteiger partial charge is 0.408 e. The van der Waals surface area contributed by atoms with Crippen molar-refractivity contribution < 1.29 is 23.5 Å². The number of carbonyl (C=O) groups is 2. The van der Waals surface area contributed by atoms with Gasteiger partial charge in [-0.2, -0.15) is 0 Å². The minimum Gasteiger partial charge on any atom is -0.465 e. The second kappa shape index (κ2) is 6.47. The Kier molecular flexibility index (Phi) is 4.98. The number of ketones is 1. The summed E-state index contributed by atoms with van der Waals surface area (Å²) >= 11 is 1.16. The molecule has 2 rings (SSSR count). The summed E-state index contributed by atoms with van der Waals surface area (Å²) in [6.07, 6.45) is -1.18. The van der Waals surface area contributed by atoms with Gasteiger partial charge < -0.3 is 5.11 Å². The van der Waals surface area contributed by atoms with E-state index in [1.54, 1.807) is 20.8 Å². The van der Waals surface area contributed by atoms with Crippen molar-refractivity contribution in [2.75, 3.05) is 5.75 Å². The van der Waals surface area contributed by atoms with Gasteiger partial charge >= 0.3 is 6.09 Å². The van der Waals surface area contributed by atoms with Crippen molar-refractivity contribution in [3.63, 3.8) is 0 Å². The zero-order valence-corrected chi connectivity index (χ0v) is 14.0. The van der Waals surface area contributed by atoms with E-state index in [0.717, 1.165) is 30.0 Å². The van der Waals surface area contributed by atoms with E-state index in [0.29, 0.717) is 0 Å². The Hall–Kier alpha value is -1.63. The normalized spacial score (nSPS) is 22.0. The van der Waals surface area contributed by atoms with E-state index >= 15 is 0 Å². The molecule has 0 unspecified atom stereocenters. The molecular formula is C16H19F2NO3S. The van der Waals surface area contributed by atoms with Crippen LogP contribution in [0, 0.1) is 11.6 Å². The number of carbonyl (C=O) groups excluding carboxylic acids is 1. The zero-order valence-electron chi connectivity index (χ0n) is 13.2. The van der Waals surface area contributed by atoms with Crippen LogP contribution in [0.2, 0.25) is 0 Å². The summed E-state index contributed by atoms with van der Waals surface area (Å²) in [4.78, 5) is 24.7. The molecule has 1 N–H and O–H groups in total. The Labute approximate surface area is 137 Å². The molecule has 0 bridgehead atoms. The summed E-state index contributed by atoms with van der Waals surface area (Å²) in [6.45, 7) is 5.14. The molecule has 1 heterocycles. The van der Waals surface area contributed by atoms with Gasteiger partial charge in [0.1, 0.15) is 17.4 Å². The number of hydrogen-bond acceptors (Lipinski definition) is 3. The molecule has 1 amide bonds. The summed E-state index contributed by atoms with van der Waals surface area (Å²) in [6, 6.07) is 2.39. The molecule has 126 valence electrons. The molecular weight excluding hydrogens is 324 g/mol. The van der Waals surface area contributed by atoms with E-state index < -0.39 is 34.6 Å². The lowest BCUT2D eigenvalue weighted by molar-refractivity contribution is -0.118. The standard InChI is InChI=1S/C16H19F2NO3S/c1-16(2,3)19(15(21)22)13-7-10(20)8-23-14(13)11-6-9(17)4-5-12(11)18/h4-6,13-14H,7-8H2,1-3H3,(H,21,22)/t13-,14+/m0/s1. The molecule has 0 aliphatic carbocycles. The van der Waals surface area contributed by atoms with Gasteiger partial charge in [0.15, 0.2) is 0 Å². The van der Waals surface area contributed by atoms with Crippen LogP contribution in [-0.4, -0.2) is 39.2 Å². The Balaban J connectivity index is 2.49. The van der Waals surface area contributed by atoms with Crippen LogP contribution in [0.3, 0.4) is 0 Å². The molecule has 0 spiro atoms. The van der Waals surface area contributed by atoms with Crippen molar-refractivity contribution >= 4 is 23.6 Å². The molecule has 1 aromatic carbocycles. The van der Waals surface area contributed by atoms with E-state index in [1.165, 1.54) is 4.90 Å². The van der Waals surface area contributed by atoms with Gasteiger partial charge in [-0.05, 0) is 39.0 Å². The quantitative estimate of drug-likeness (QED) is 0.886. The van der Waals surface area contributed by atoms with Crippen LogP contribution in [0.25, 0.3) is 0 Å². The first-order chi connectivity index (χ1) is 10.6. The lowest BCUT2D eigenvalue weighted by atomic mass is 9.94. The minimum atomic E-state index is -1.18. The molecule has 1 aliphatic heterocycles. The van der Waals surface area contributed by atoms with Gasteiger partial charge in [-0.1, -0.05) is 0 Å². The summed E-state index contributed by atoms with van der Waals surface area (Å²) in [5.74, 6) is -1.12. The maximum absolute atomic E-state index is 14.2. The summed E-state index contributed by atoms with van der Waals surface area (Å²) in [5, 5.41) is 8.95. The summed E-state index contributed by atoms with van der Waals surface area (Å²) in [7, 11) is 0. The SMILES string of the molecule is CC(C)(C)N(C(=O)O)[C@H]1CC(=O)CS[C@@H]1c1cc(F)ccc1F. The first-order valence-electron chi connectivity index (χ1n) is 7.22. The summed E-state index contributed by atoms with van der Waals surface area (Å²) in [5.41, 5.74) is -0.667. The Morgan fingerprint density at radius 3 is 2.57 bits per heavy atom. The number of halogens is 2. The highest BCUT2D eigenvalue weighted by Gasteiger charge is 2.43. The third-order valence-electron chi connectivity index (χ3n) is 3.74. The van der Waals surface area contributed by atoms with Gasteiger partial charge in [-0.25, -0.2) is 13.6 Å². The number of nitrogens with zero attached hydrogens (tertiary/aromatic N) is 1. The molecule has 2 atom stereocenters. The Morgan fingerprint density at radius 2 is 2.00 bits per heavy atom. The molecule has 23 heavy (non-hydrogen) atoms. The fourth-order valence-corrected chi connectivity index (χ4v) is 4.16. The number of carboxylic acid groups (broad SMARTS) is 1. The van der Waals surface area contributed by atoms with Gasteiger partial charge in [0, 0.05) is 17.5 Å². The zero-order chi connectivity index (χ0) is 17.4. The topological polar surface area (TPSA) is 57.6 Å². The molecule has 0 radical (unpaired) electrons. The third-order valence-corrected chi connectivity index (χ3v) is 5.15. The van der Waals surface area contributed by atoms with Crippen LogP contribution >= 0.6 is 11.8 Å². The van der Waals surface area contributed by atoms with E-state index in [-0.39, 0.29) is 23.5 Å². The van der Waals surface area contributed by atoms with Crippen LogP contribution < -0.4 is 0 Å². The number of thioether (sulfide) groups is 1. The van der Waals surface area contributed by atoms with Gasteiger partial charge in [0.2, 0.25) is 0 Å². The van der Waals surface area contributed by atoms with Crippen molar-refractivity contribution in [1.82, 2.24) is 4.90 Å². The second-order valence-corrected chi connectivity index (χ2v) is 7.66. The minimum absolute atomic E-state index is 0.00279. The highest BCUT2D eigenvalue weighted by atomic mass is 32.2. The Bertz CT molecular complexity index is 630. The fourth-order valence-electron chi connectivity index (χ4n) is 2.88. The predicted octanol–water partition coefficient (Wildman–Crippen LogP) is 3.86. The van der Waals surface area contributed by atoms with Gasteiger partial charge in [-0.15, -0.1) is 11.8 Å². The number of rotatable bonds is 2. The monoisotopic (exact) mass is 343 g/mol. The molecule has 7 heteroatoms. The van der Waals surface area contributed by atoms with Crippen molar-refractivity contribution in [2.45, 2.75) is 44.0 Å². The maximum Gasteiger partial charge on any atom is 0.408 e. The lowest BCUT2D eigenvalue weighted by Gasteiger charge is -2.44. The van der Waals surface area contributed by atoms with E-state index in [2.05, 4.69) is 0 Å². The van der Waals surface area contributed by atoms with Gasteiger partial charge in [0.25, 0.3) is 0 Å². The number of benzene rings is 1. The first kappa shape index (κ1) is 17.7. The molecule has 1 aromatic rings. The lowest BCUT2D eigenvalue weighted by Crippen LogP contribution is -2.54. The van der Waals surface area contributed by atoms with Gasteiger partial charge in [0.05, 0.1) is 17.0 Å². The number of hydrogen-bond donors (Lipinski definition) is 1. The van der Waals surface area contributed by atoms with E-state index in [1.807, 2.05) is 0 Å². The largest absolute Gasteiger partial charge is 0.465 e. The summed E-state index contributed by atoms with van der Waals surface area (Å²) < 4.78 is 27.7. The Morgan fingerprint density at radius 1 is 1.35 bits per heavy atom. The van der Waals surface area contributed by atoms with Crippen molar-refractivity contribution in [1.29, 1.82) is 0 Å². The van der Waals surface area contributed by atoms with Gasteiger partial charge in [-0.3, -0.25) is 9.69 Å².